The van der Waals surface area contributed by atoms with E-state index in [0.29, 0.717) is 10.6 Å². The Morgan fingerprint density at radius 2 is 2.20 bits per heavy atom. The van der Waals surface area contributed by atoms with Gasteiger partial charge in [0.05, 0.1) is 22.3 Å². The third-order valence-corrected chi connectivity index (χ3v) is 3.30. The molecule has 1 amide bonds. The van der Waals surface area contributed by atoms with Gasteiger partial charge in [-0.2, -0.15) is 0 Å². The summed E-state index contributed by atoms with van der Waals surface area (Å²) < 4.78 is 0. The predicted octanol–water partition coefficient (Wildman–Crippen LogP) is 3.32. The standard InChI is InChI=1S/C15H16ClN3O/c1-3-13(14-6-4-5-10(2)18-14)19-15(20)11-7-8-17-9-12(11)16/h4-9,13H,3H2,1-2H3,(H,19,20)/t13-/m0/s1. The number of pyridine rings is 2. The van der Waals surface area contributed by atoms with Crippen molar-refractivity contribution >= 4 is 17.5 Å². The first-order valence-electron chi connectivity index (χ1n) is 6.45. The molecule has 0 saturated carbocycles. The van der Waals surface area contributed by atoms with Crippen LogP contribution in [0.15, 0.2) is 36.7 Å². The van der Waals surface area contributed by atoms with Crippen LogP contribution in [0.25, 0.3) is 0 Å². The lowest BCUT2D eigenvalue weighted by Crippen LogP contribution is -2.29. The fourth-order valence-corrected chi connectivity index (χ4v) is 2.14. The van der Waals surface area contributed by atoms with E-state index >= 15 is 0 Å². The van der Waals surface area contributed by atoms with E-state index < -0.39 is 0 Å². The summed E-state index contributed by atoms with van der Waals surface area (Å²) in [6.07, 6.45) is 3.76. The minimum Gasteiger partial charge on any atom is -0.344 e. The Labute approximate surface area is 123 Å². The Kier molecular flexibility index (Phi) is 4.69. The number of carbonyl (C=O) groups is 1. The Hall–Kier alpha value is -1.94. The Bertz CT molecular complexity index is 616. The number of aromatic nitrogens is 2. The van der Waals surface area contributed by atoms with Gasteiger partial charge in [0, 0.05) is 18.1 Å². The second-order valence-corrected chi connectivity index (χ2v) is 4.90. The summed E-state index contributed by atoms with van der Waals surface area (Å²) in [4.78, 5) is 20.6. The highest BCUT2D eigenvalue weighted by molar-refractivity contribution is 6.33. The summed E-state index contributed by atoms with van der Waals surface area (Å²) in [5.41, 5.74) is 2.20. The molecule has 2 aromatic heterocycles. The number of hydrogen-bond acceptors (Lipinski definition) is 3. The van der Waals surface area contributed by atoms with Gasteiger partial charge in [-0.1, -0.05) is 24.6 Å². The number of carbonyl (C=O) groups excluding carboxylic acids is 1. The highest BCUT2D eigenvalue weighted by atomic mass is 35.5. The van der Waals surface area contributed by atoms with Crippen LogP contribution in [0.1, 0.15) is 41.1 Å². The second kappa shape index (κ2) is 6.48. The van der Waals surface area contributed by atoms with E-state index in [4.69, 9.17) is 11.6 Å². The zero-order chi connectivity index (χ0) is 14.5. The first-order valence-corrected chi connectivity index (χ1v) is 6.83. The van der Waals surface area contributed by atoms with Crippen molar-refractivity contribution in [3.05, 3.63) is 58.6 Å². The van der Waals surface area contributed by atoms with Gasteiger partial charge in [0.2, 0.25) is 0 Å². The molecule has 2 rings (SSSR count). The van der Waals surface area contributed by atoms with Crippen molar-refractivity contribution < 1.29 is 4.79 Å². The zero-order valence-corrected chi connectivity index (χ0v) is 12.2. The number of nitrogens with zero attached hydrogens (tertiary/aromatic N) is 2. The van der Waals surface area contributed by atoms with Crippen molar-refractivity contribution in [2.75, 3.05) is 0 Å². The third-order valence-electron chi connectivity index (χ3n) is 3.00. The van der Waals surface area contributed by atoms with Crippen molar-refractivity contribution in [1.82, 2.24) is 15.3 Å². The highest BCUT2D eigenvalue weighted by Crippen LogP contribution is 2.18. The smallest absolute Gasteiger partial charge is 0.253 e. The highest BCUT2D eigenvalue weighted by Gasteiger charge is 2.17. The fourth-order valence-electron chi connectivity index (χ4n) is 1.94. The molecule has 0 aliphatic heterocycles. The van der Waals surface area contributed by atoms with Crippen molar-refractivity contribution in [2.24, 2.45) is 0 Å². The lowest BCUT2D eigenvalue weighted by atomic mass is 10.1. The van der Waals surface area contributed by atoms with E-state index in [1.54, 1.807) is 12.3 Å². The fraction of sp³-hybridized carbons (Fsp3) is 0.267. The summed E-state index contributed by atoms with van der Waals surface area (Å²) in [5, 5.41) is 3.30. The van der Waals surface area contributed by atoms with Crippen LogP contribution in [-0.2, 0) is 0 Å². The molecule has 0 fully saturated rings. The molecule has 2 heterocycles. The van der Waals surface area contributed by atoms with Gasteiger partial charge in [-0.25, -0.2) is 0 Å². The first kappa shape index (κ1) is 14.5. The van der Waals surface area contributed by atoms with Crippen molar-refractivity contribution in [2.45, 2.75) is 26.3 Å². The van der Waals surface area contributed by atoms with E-state index in [2.05, 4.69) is 15.3 Å². The van der Waals surface area contributed by atoms with Crippen LogP contribution in [0.2, 0.25) is 5.02 Å². The maximum atomic E-state index is 12.2. The van der Waals surface area contributed by atoms with Crippen LogP contribution in [0.5, 0.6) is 0 Å². The molecule has 1 N–H and O–H groups in total. The molecular formula is C15H16ClN3O. The van der Waals surface area contributed by atoms with E-state index in [1.165, 1.54) is 6.20 Å². The minimum atomic E-state index is -0.215. The number of amides is 1. The van der Waals surface area contributed by atoms with Crippen LogP contribution >= 0.6 is 11.6 Å². The van der Waals surface area contributed by atoms with Crippen LogP contribution in [-0.4, -0.2) is 15.9 Å². The molecule has 20 heavy (non-hydrogen) atoms. The maximum Gasteiger partial charge on any atom is 0.253 e. The van der Waals surface area contributed by atoms with Gasteiger partial charge in [-0.3, -0.25) is 14.8 Å². The van der Waals surface area contributed by atoms with Crippen LogP contribution in [0, 0.1) is 6.92 Å². The molecule has 5 heteroatoms. The molecule has 104 valence electrons. The molecule has 4 nitrogen and oxygen atoms in total. The second-order valence-electron chi connectivity index (χ2n) is 4.49. The molecular weight excluding hydrogens is 274 g/mol. The predicted molar refractivity (Wildman–Crippen MR) is 78.7 cm³/mol. The first-order chi connectivity index (χ1) is 9.61. The van der Waals surface area contributed by atoms with Gasteiger partial charge >= 0.3 is 0 Å². The molecule has 0 unspecified atom stereocenters. The Morgan fingerprint density at radius 1 is 1.40 bits per heavy atom. The average Bonchev–Trinajstić information content (AvgIpc) is 2.45. The van der Waals surface area contributed by atoms with E-state index in [0.717, 1.165) is 17.8 Å². The van der Waals surface area contributed by atoms with E-state index in [9.17, 15) is 4.79 Å². The monoisotopic (exact) mass is 289 g/mol. The molecule has 0 aliphatic carbocycles. The minimum absolute atomic E-state index is 0.133. The van der Waals surface area contributed by atoms with Crippen LogP contribution in [0.3, 0.4) is 0 Å². The molecule has 0 spiro atoms. The van der Waals surface area contributed by atoms with Gasteiger partial charge in [-0.15, -0.1) is 0 Å². The summed E-state index contributed by atoms with van der Waals surface area (Å²) >= 11 is 5.98. The SMILES string of the molecule is CC[C@H](NC(=O)c1ccncc1Cl)c1cccc(C)n1. The summed E-state index contributed by atoms with van der Waals surface area (Å²) in [7, 11) is 0. The number of rotatable bonds is 4. The van der Waals surface area contributed by atoms with E-state index in [-0.39, 0.29) is 11.9 Å². The van der Waals surface area contributed by atoms with Gasteiger partial charge < -0.3 is 5.32 Å². The van der Waals surface area contributed by atoms with Gasteiger partial charge in [-0.05, 0) is 31.5 Å². The largest absolute Gasteiger partial charge is 0.344 e. The Balaban J connectivity index is 2.19. The van der Waals surface area contributed by atoms with Crippen LogP contribution < -0.4 is 5.32 Å². The van der Waals surface area contributed by atoms with E-state index in [1.807, 2.05) is 32.0 Å². The molecule has 2 aromatic rings. The number of hydrogen-bond donors (Lipinski definition) is 1. The van der Waals surface area contributed by atoms with Gasteiger partial charge in [0.15, 0.2) is 0 Å². The normalized spacial score (nSPS) is 11.9. The molecule has 0 radical (unpaired) electrons. The number of nitrogens with one attached hydrogen (secondary N) is 1. The number of aryl methyl sites for hydroxylation is 1. The molecule has 1 atom stereocenters. The topological polar surface area (TPSA) is 54.9 Å². The quantitative estimate of drug-likeness (QED) is 0.939. The Morgan fingerprint density at radius 3 is 2.85 bits per heavy atom. The molecule has 0 aromatic carbocycles. The summed E-state index contributed by atoms with van der Waals surface area (Å²) in [6.45, 7) is 3.93. The van der Waals surface area contributed by atoms with Gasteiger partial charge in [0.1, 0.15) is 0 Å². The third kappa shape index (κ3) is 3.33. The van der Waals surface area contributed by atoms with Gasteiger partial charge in [0.25, 0.3) is 5.91 Å². The number of halogens is 1. The lowest BCUT2D eigenvalue weighted by molar-refractivity contribution is 0.0934. The molecule has 0 bridgehead atoms. The average molecular weight is 290 g/mol. The van der Waals surface area contributed by atoms with Crippen molar-refractivity contribution in [3.8, 4) is 0 Å². The molecule has 0 saturated heterocycles. The summed E-state index contributed by atoms with van der Waals surface area (Å²) in [5.74, 6) is -0.215. The lowest BCUT2D eigenvalue weighted by Gasteiger charge is -2.17. The van der Waals surface area contributed by atoms with Crippen LogP contribution in [0.4, 0.5) is 0 Å². The van der Waals surface area contributed by atoms with Crippen molar-refractivity contribution in [1.29, 1.82) is 0 Å². The summed E-state index contributed by atoms with van der Waals surface area (Å²) in [6, 6.07) is 7.25. The maximum absolute atomic E-state index is 12.2. The van der Waals surface area contributed by atoms with Crippen molar-refractivity contribution in [3.63, 3.8) is 0 Å². The zero-order valence-electron chi connectivity index (χ0n) is 11.4. The molecule has 0 aliphatic rings.